The molecule has 2 rings (SSSR count). The molecule has 1 aromatic carbocycles. The summed E-state index contributed by atoms with van der Waals surface area (Å²) in [6, 6.07) is 1.95. The van der Waals surface area contributed by atoms with Crippen molar-refractivity contribution in [2.45, 2.75) is 25.7 Å². The highest BCUT2D eigenvalue weighted by Gasteiger charge is 2.35. The molecule has 1 saturated carbocycles. The van der Waals surface area contributed by atoms with Crippen LogP contribution in [-0.4, -0.2) is 31.0 Å². The van der Waals surface area contributed by atoms with Crippen LogP contribution in [0.1, 0.15) is 36.0 Å². The van der Waals surface area contributed by atoms with Gasteiger partial charge in [0.05, 0.1) is 30.5 Å². The Bertz CT molecular complexity index is 566. The largest absolute Gasteiger partial charge is 0.492 e. The number of carboxylic acids is 1. The number of carbonyl (C=O) groups is 1. The van der Waals surface area contributed by atoms with Crippen molar-refractivity contribution < 1.29 is 27.8 Å². The SMILES string of the molecule is O=C(O)c1cc(Cl)c(OCC2CCC(CF)(CF)CC2)cc1F. The Kier molecular flexibility index (Phi) is 5.79. The van der Waals surface area contributed by atoms with Gasteiger partial charge < -0.3 is 9.84 Å². The first kappa shape index (κ1) is 17.9. The number of carboxylic acid groups (broad SMARTS) is 1. The first-order valence-electron chi connectivity index (χ1n) is 7.38. The number of aromatic carboxylic acids is 1. The van der Waals surface area contributed by atoms with E-state index in [2.05, 4.69) is 0 Å². The lowest BCUT2D eigenvalue weighted by Crippen LogP contribution is -2.33. The van der Waals surface area contributed by atoms with Gasteiger partial charge in [0.2, 0.25) is 0 Å². The minimum absolute atomic E-state index is 0.0153. The van der Waals surface area contributed by atoms with Crippen LogP contribution in [-0.2, 0) is 0 Å². The molecule has 0 atom stereocenters. The number of alkyl halides is 2. The van der Waals surface area contributed by atoms with E-state index in [-0.39, 0.29) is 23.3 Å². The molecule has 128 valence electrons. The molecule has 1 aliphatic rings. The lowest BCUT2D eigenvalue weighted by atomic mass is 9.72. The van der Waals surface area contributed by atoms with Crippen molar-refractivity contribution >= 4 is 17.6 Å². The molecule has 0 saturated heterocycles. The third-order valence-electron chi connectivity index (χ3n) is 4.46. The van der Waals surface area contributed by atoms with Crippen LogP contribution in [0.3, 0.4) is 0 Å². The predicted octanol–water partition coefficient (Wildman–Crippen LogP) is 4.67. The molecule has 23 heavy (non-hydrogen) atoms. The van der Waals surface area contributed by atoms with Gasteiger partial charge in [-0.3, -0.25) is 8.78 Å². The summed E-state index contributed by atoms with van der Waals surface area (Å²) >= 11 is 5.90. The lowest BCUT2D eigenvalue weighted by molar-refractivity contribution is 0.0640. The van der Waals surface area contributed by atoms with E-state index in [0.717, 1.165) is 12.1 Å². The summed E-state index contributed by atoms with van der Waals surface area (Å²) in [7, 11) is 0. The Morgan fingerprint density at radius 1 is 1.30 bits per heavy atom. The zero-order chi connectivity index (χ0) is 17.0. The average molecular weight is 351 g/mol. The molecular formula is C16H18ClF3O3. The summed E-state index contributed by atoms with van der Waals surface area (Å²) in [4.78, 5) is 10.8. The number of hydrogen-bond donors (Lipinski definition) is 1. The van der Waals surface area contributed by atoms with Gasteiger partial charge in [-0.15, -0.1) is 0 Å². The molecule has 1 N–H and O–H groups in total. The maximum Gasteiger partial charge on any atom is 0.338 e. The van der Waals surface area contributed by atoms with Crippen LogP contribution in [0, 0.1) is 17.2 Å². The molecule has 0 heterocycles. The van der Waals surface area contributed by atoms with E-state index in [4.69, 9.17) is 21.4 Å². The Balaban J connectivity index is 1.95. The molecular weight excluding hydrogens is 333 g/mol. The Morgan fingerprint density at radius 3 is 2.43 bits per heavy atom. The van der Waals surface area contributed by atoms with Crippen LogP contribution < -0.4 is 4.74 Å². The van der Waals surface area contributed by atoms with Crippen LogP contribution in [0.4, 0.5) is 13.2 Å². The fraction of sp³-hybridized carbons (Fsp3) is 0.562. The monoisotopic (exact) mass is 350 g/mol. The highest BCUT2D eigenvalue weighted by atomic mass is 35.5. The molecule has 1 aromatic rings. The van der Waals surface area contributed by atoms with Crippen molar-refractivity contribution in [3.63, 3.8) is 0 Å². The molecule has 1 fully saturated rings. The molecule has 7 heteroatoms. The minimum atomic E-state index is -1.41. The topological polar surface area (TPSA) is 46.5 Å². The van der Waals surface area contributed by atoms with Gasteiger partial charge in [0.1, 0.15) is 11.6 Å². The summed E-state index contributed by atoms with van der Waals surface area (Å²) in [5.74, 6) is -2.15. The van der Waals surface area contributed by atoms with Gasteiger partial charge in [0.25, 0.3) is 0 Å². The molecule has 0 amide bonds. The molecule has 1 aliphatic carbocycles. The van der Waals surface area contributed by atoms with E-state index in [1.54, 1.807) is 0 Å². The standard InChI is InChI=1S/C16H18ClF3O3/c17-12-5-11(15(21)22)13(20)6-14(12)23-7-10-1-3-16(8-18,9-19)4-2-10/h5-6,10H,1-4,7-9H2,(H,21,22). The summed E-state index contributed by atoms with van der Waals surface area (Å²) < 4.78 is 45.0. The average Bonchev–Trinajstić information content (AvgIpc) is 2.55. The smallest absolute Gasteiger partial charge is 0.338 e. The van der Waals surface area contributed by atoms with Gasteiger partial charge in [-0.2, -0.15) is 0 Å². The van der Waals surface area contributed by atoms with Crippen molar-refractivity contribution in [2.24, 2.45) is 11.3 Å². The van der Waals surface area contributed by atoms with Crippen molar-refractivity contribution in [3.8, 4) is 5.75 Å². The predicted molar refractivity (Wildman–Crippen MR) is 80.2 cm³/mol. The summed E-state index contributed by atoms with van der Waals surface area (Å²) in [5, 5.41) is 8.83. The number of ether oxygens (including phenoxy) is 1. The minimum Gasteiger partial charge on any atom is -0.492 e. The maximum absolute atomic E-state index is 13.6. The molecule has 0 aromatic heterocycles. The van der Waals surface area contributed by atoms with E-state index < -0.39 is 36.1 Å². The second-order valence-corrected chi connectivity index (χ2v) is 6.50. The second-order valence-electron chi connectivity index (χ2n) is 6.09. The van der Waals surface area contributed by atoms with Gasteiger partial charge >= 0.3 is 5.97 Å². The Labute approximate surface area is 137 Å². The van der Waals surface area contributed by atoms with Gasteiger partial charge in [-0.1, -0.05) is 11.6 Å². The molecule has 0 aliphatic heterocycles. The number of benzene rings is 1. The Hall–Kier alpha value is -1.43. The van der Waals surface area contributed by atoms with Gasteiger partial charge in [0, 0.05) is 11.5 Å². The quantitative estimate of drug-likeness (QED) is 0.810. The fourth-order valence-electron chi connectivity index (χ4n) is 2.77. The van der Waals surface area contributed by atoms with Crippen LogP contribution in [0.2, 0.25) is 5.02 Å². The van der Waals surface area contributed by atoms with E-state index in [0.29, 0.717) is 25.7 Å². The molecule has 3 nitrogen and oxygen atoms in total. The third-order valence-corrected chi connectivity index (χ3v) is 4.75. The van der Waals surface area contributed by atoms with Crippen LogP contribution >= 0.6 is 11.6 Å². The molecule has 0 radical (unpaired) electrons. The van der Waals surface area contributed by atoms with Crippen LogP contribution in [0.15, 0.2) is 12.1 Å². The van der Waals surface area contributed by atoms with E-state index in [9.17, 15) is 18.0 Å². The van der Waals surface area contributed by atoms with Gasteiger partial charge in [0.15, 0.2) is 0 Å². The normalized spacial score (nSPS) is 17.9. The first-order chi connectivity index (χ1) is 10.9. The van der Waals surface area contributed by atoms with E-state index in [1.165, 1.54) is 0 Å². The number of halogens is 4. The fourth-order valence-corrected chi connectivity index (χ4v) is 2.99. The second kappa shape index (κ2) is 7.43. The zero-order valence-electron chi connectivity index (χ0n) is 12.5. The van der Waals surface area contributed by atoms with Crippen molar-refractivity contribution in [2.75, 3.05) is 20.0 Å². The number of rotatable bonds is 6. The maximum atomic E-state index is 13.6. The summed E-state index contributed by atoms with van der Waals surface area (Å²) in [6.07, 6.45) is 2.16. The zero-order valence-corrected chi connectivity index (χ0v) is 13.2. The molecule has 0 bridgehead atoms. The van der Waals surface area contributed by atoms with Crippen LogP contribution in [0.5, 0.6) is 5.75 Å². The third kappa shape index (κ3) is 4.10. The molecule has 0 unspecified atom stereocenters. The van der Waals surface area contributed by atoms with E-state index in [1.807, 2.05) is 0 Å². The van der Waals surface area contributed by atoms with Crippen molar-refractivity contribution in [1.29, 1.82) is 0 Å². The van der Waals surface area contributed by atoms with Crippen LogP contribution in [0.25, 0.3) is 0 Å². The Morgan fingerprint density at radius 2 is 1.91 bits per heavy atom. The lowest BCUT2D eigenvalue weighted by Gasteiger charge is -2.35. The summed E-state index contributed by atoms with van der Waals surface area (Å²) in [6.45, 7) is -1.07. The van der Waals surface area contributed by atoms with Gasteiger partial charge in [-0.05, 0) is 37.7 Å². The highest BCUT2D eigenvalue weighted by molar-refractivity contribution is 6.32. The van der Waals surface area contributed by atoms with Gasteiger partial charge in [-0.25, -0.2) is 9.18 Å². The molecule has 0 spiro atoms. The number of hydrogen-bond acceptors (Lipinski definition) is 2. The van der Waals surface area contributed by atoms with Crippen molar-refractivity contribution in [1.82, 2.24) is 0 Å². The summed E-state index contributed by atoms with van der Waals surface area (Å²) in [5.41, 5.74) is -1.38. The first-order valence-corrected chi connectivity index (χ1v) is 7.75. The highest BCUT2D eigenvalue weighted by Crippen LogP contribution is 2.40. The van der Waals surface area contributed by atoms with E-state index >= 15 is 0 Å². The van der Waals surface area contributed by atoms with Crippen molar-refractivity contribution in [3.05, 3.63) is 28.5 Å².